The molecular formula is C22H50O10. The van der Waals surface area contributed by atoms with Gasteiger partial charge in [0.05, 0.1) is 51.5 Å². The molecule has 0 spiro atoms. The predicted molar refractivity (Wildman–Crippen MR) is 124 cm³/mol. The third-order valence-corrected chi connectivity index (χ3v) is 3.80. The van der Waals surface area contributed by atoms with Crippen LogP contribution < -0.4 is 0 Å². The number of aliphatic hydroxyl groups is 6. The van der Waals surface area contributed by atoms with Gasteiger partial charge in [-0.05, 0) is 25.7 Å². The van der Waals surface area contributed by atoms with E-state index in [2.05, 4.69) is 13.8 Å². The number of carboxylic acids is 2. The third-order valence-electron chi connectivity index (χ3n) is 3.80. The summed E-state index contributed by atoms with van der Waals surface area (Å²) in [6.45, 7) is 7.26. The van der Waals surface area contributed by atoms with E-state index in [1.165, 1.54) is 0 Å². The molecule has 10 nitrogen and oxygen atoms in total. The summed E-state index contributed by atoms with van der Waals surface area (Å²) in [6, 6.07) is 0. The Bertz CT molecular complexity index is 299. The van der Waals surface area contributed by atoms with Crippen molar-refractivity contribution in [3.8, 4) is 0 Å². The zero-order valence-corrected chi connectivity index (χ0v) is 20.4. The zero-order valence-electron chi connectivity index (χ0n) is 20.4. The summed E-state index contributed by atoms with van der Waals surface area (Å²) in [5, 5.41) is 62.9. The molecule has 2 atom stereocenters. The fourth-order valence-electron chi connectivity index (χ4n) is 1.91. The summed E-state index contributed by atoms with van der Waals surface area (Å²) in [4.78, 5) is 20.9. The molecule has 0 aromatic rings. The molecule has 0 bridgehead atoms. The van der Waals surface area contributed by atoms with E-state index in [1.54, 1.807) is 0 Å². The van der Waals surface area contributed by atoms with E-state index in [-0.39, 0.29) is 51.5 Å². The van der Waals surface area contributed by atoms with Gasteiger partial charge in [0, 0.05) is 0 Å². The third kappa shape index (κ3) is 46.8. The number of hydrogen-bond donors (Lipinski definition) is 8. The molecule has 2 unspecified atom stereocenters. The van der Waals surface area contributed by atoms with Crippen LogP contribution in [0.4, 0.5) is 0 Å². The van der Waals surface area contributed by atoms with Crippen LogP contribution in [0.2, 0.25) is 0 Å². The lowest BCUT2D eigenvalue weighted by molar-refractivity contribution is -0.143. The summed E-state index contributed by atoms with van der Waals surface area (Å²) < 4.78 is 0. The molecule has 198 valence electrons. The highest BCUT2D eigenvalue weighted by atomic mass is 16.4. The fourth-order valence-corrected chi connectivity index (χ4v) is 1.91. The maximum atomic E-state index is 10.4. The molecule has 0 aliphatic rings. The van der Waals surface area contributed by atoms with Crippen molar-refractivity contribution >= 4 is 11.9 Å². The Morgan fingerprint density at radius 2 is 0.750 bits per heavy atom. The lowest BCUT2D eigenvalue weighted by atomic mass is 10.00. The van der Waals surface area contributed by atoms with Crippen LogP contribution in [0.25, 0.3) is 0 Å². The van der Waals surface area contributed by atoms with Crippen LogP contribution in [0.15, 0.2) is 0 Å². The van der Waals surface area contributed by atoms with E-state index < -0.39 is 11.9 Å². The molecule has 10 heteroatoms. The van der Waals surface area contributed by atoms with Crippen molar-refractivity contribution in [2.75, 3.05) is 39.6 Å². The van der Waals surface area contributed by atoms with E-state index in [1.807, 2.05) is 13.8 Å². The Hall–Kier alpha value is -1.30. The normalized spacial score (nSPS) is 10.9. The molecule has 32 heavy (non-hydrogen) atoms. The molecule has 0 aliphatic carbocycles. The van der Waals surface area contributed by atoms with Crippen molar-refractivity contribution in [2.24, 2.45) is 11.8 Å². The highest BCUT2D eigenvalue weighted by Gasteiger charge is 2.13. The molecule has 0 fully saturated rings. The minimum Gasteiger partial charge on any atom is -0.481 e. The van der Waals surface area contributed by atoms with Gasteiger partial charge in [0.1, 0.15) is 0 Å². The largest absolute Gasteiger partial charge is 0.481 e. The fraction of sp³-hybridized carbons (Fsp3) is 0.909. The summed E-state index contributed by atoms with van der Waals surface area (Å²) in [6.07, 6.45) is 7.43. The number of unbranched alkanes of at least 4 members (excludes halogenated alkanes) is 2. The number of hydrogen-bond acceptors (Lipinski definition) is 8. The summed E-state index contributed by atoms with van der Waals surface area (Å²) in [5.41, 5.74) is 0. The number of aliphatic hydroxyl groups excluding tert-OH is 6. The van der Waals surface area contributed by atoms with Crippen molar-refractivity contribution in [1.82, 2.24) is 0 Å². The Morgan fingerprint density at radius 3 is 0.844 bits per heavy atom. The molecule has 8 N–H and O–H groups in total. The Labute approximate surface area is 193 Å². The second-order valence-corrected chi connectivity index (χ2v) is 6.51. The molecule has 0 rings (SSSR count). The van der Waals surface area contributed by atoms with Crippen molar-refractivity contribution in [3.05, 3.63) is 0 Å². The second-order valence-electron chi connectivity index (χ2n) is 6.51. The van der Waals surface area contributed by atoms with Gasteiger partial charge in [-0.3, -0.25) is 9.59 Å². The van der Waals surface area contributed by atoms with E-state index in [9.17, 15) is 9.59 Å². The van der Waals surface area contributed by atoms with E-state index in [0.29, 0.717) is 0 Å². The maximum Gasteiger partial charge on any atom is 0.306 e. The molecule has 0 saturated carbocycles. The standard InChI is InChI=1S/2C8H16O2.3C2H6O2/c2*1-3-5-6-7(4-2)8(9)10;3*3-1-2-4/h2*7H,3-6H2,1-2H3,(H,9,10);3*3-4H,1-2H2. The van der Waals surface area contributed by atoms with E-state index in [4.69, 9.17) is 40.9 Å². The first-order valence-corrected chi connectivity index (χ1v) is 11.3. The molecule has 0 heterocycles. The molecular weight excluding hydrogens is 424 g/mol. The van der Waals surface area contributed by atoms with Gasteiger partial charge in [-0.2, -0.15) is 0 Å². The average molecular weight is 475 g/mol. The SMILES string of the molecule is CCCCC(CC)C(=O)O.CCCCC(CC)C(=O)O.OCCO.OCCO.OCCO. The summed E-state index contributed by atoms with van der Waals surface area (Å²) >= 11 is 0. The Kier molecular flexibility index (Phi) is 51.4. The quantitative estimate of drug-likeness (QED) is 0.193. The highest BCUT2D eigenvalue weighted by molar-refractivity contribution is 5.70. The molecule has 0 saturated heterocycles. The van der Waals surface area contributed by atoms with E-state index >= 15 is 0 Å². The molecule has 0 aromatic carbocycles. The number of aliphatic carboxylic acids is 2. The van der Waals surface area contributed by atoms with Gasteiger partial charge in [0.15, 0.2) is 0 Å². The van der Waals surface area contributed by atoms with E-state index in [0.717, 1.165) is 51.4 Å². The summed E-state index contributed by atoms with van der Waals surface area (Å²) in [5.74, 6) is -1.51. The zero-order chi connectivity index (χ0) is 26.2. The molecule has 0 aliphatic heterocycles. The predicted octanol–water partition coefficient (Wildman–Crippen LogP) is 1.49. The average Bonchev–Trinajstić information content (AvgIpc) is 2.80. The monoisotopic (exact) mass is 474 g/mol. The van der Waals surface area contributed by atoms with Crippen LogP contribution >= 0.6 is 0 Å². The molecule has 0 amide bonds. The van der Waals surface area contributed by atoms with Crippen LogP contribution in [0.3, 0.4) is 0 Å². The topological polar surface area (TPSA) is 196 Å². The minimum absolute atomic E-state index is 0.111. The summed E-state index contributed by atoms with van der Waals surface area (Å²) in [7, 11) is 0. The van der Waals surface area contributed by atoms with Gasteiger partial charge < -0.3 is 40.9 Å². The van der Waals surface area contributed by atoms with Crippen LogP contribution in [0.5, 0.6) is 0 Å². The van der Waals surface area contributed by atoms with Gasteiger partial charge >= 0.3 is 11.9 Å². The van der Waals surface area contributed by atoms with Crippen LogP contribution in [0, 0.1) is 11.8 Å². The first-order chi connectivity index (χ1) is 15.2. The number of carboxylic acid groups (broad SMARTS) is 2. The number of rotatable bonds is 13. The van der Waals surface area contributed by atoms with Gasteiger partial charge in [0.2, 0.25) is 0 Å². The second kappa shape index (κ2) is 40.1. The van der Waals surface area contributed by atoms with Gasteiger partial charge in [-0.15, -0.1) is 0 Å². The van der Waals surface area contributed by atoms with Crippen LogP contribution in [0.1, 0.15) is 79.1 Å². The lowest BCUT2D eigenvalue weighted by Crippen LogP contribution is -2.11. The van der Waals surface area contributed by atoms with Crippen LogP contribution in [-0.4, -0.2) is 92.4 Å². The van der Waals surface area contributed by atoms with Crippen LogP contribution in [-0.2, 0) is 9.59 Å². The maximum absolute atomic E-state index is 10.4. The first kappa shape index (κ1) is 41.0. The molecule has 0 aromatic heterocycles. The van der Waals surface area contributed by atoms with Gasteiger partial charge in [-0.1, -0.05) is 53.4 Å². The van der Waals surface area contributed by atoms with Crippen molar-refractivity contribution < 1.29 is 50.4 Å². The minimum atomic E-state index is -0.643. The Balaban J connectivity index is -0.000000103. The van der Waals surface area contributed by atoms with Gasteiger partial charge in [0.25, 0.3) is 0 Å². The van der Waals surface area contributed by atoms with Crippen molar-refractivity contribution in [3.63, 3.8) is 0 Å². The van der Waals surface area contributed by atoms with Crippen molar-refractivity contribution in [1.29, 1.82) is 0 Å². The smallest absolute Gasteiger partial charge is 0.306 e. The first-order valence-electron chi connectivity index (χ1n) is 11.3. The van der Waals surface area contributed by atoms with Crippen molar-refractivity contribution in [2.45, 2.75) is 79.1 Å². The number of carbonyl (C=O) groups is 2. The Morgan fingerprint density at radius 1 is 0.531 bits per heavy atom. The van der Waals surface area contributed by atoms with Gasteiger partial charge in [-0.25, -0.2) is 0 Å². The molecule has 0 radical (unpaired) electrons. The highest BCUT2D eigenvalue weighted by Crippen LogP contribution is 2.12. The lowest BCUT2D eigenvalue weighted by Gasteiger charge is -2.06.